The Kier molecular flexibility index (Phi) is 5.29. The molecular formula is C16H24N2O5S. The van der Waals surface area contributed by atoms with Gasteiger partial charge in [-0.05, 0) is 38.1 Å². The topological polar surface area (TPSA) is 85.9 Å². The lowest BCUT2D eigenvalue weighted by Gasteiger charge is -2.37. The van der Waals surface area contributed by atoms with E-state index < -0.39 is 10.0 Å². The van der Waals surface area contributed by atoms with Crippen molar-refractivity contribution in [2.75, 3.05) is 46.6 Å². The van der Waals surface area contributed by atoms with E-state index in [0.29, 0.717) is 37.9 Å². The maximum atomic E-state index is 12.8. The van der Waals surface area contributed by atoms with Gasteiger partial charge in [-0.25, -0.2) is 13.1 Å². The molecule has 7 nitrogen and oxygen atoms in total. The molecule has 2 aliphatic heterocycles. The molecule has 24 heavy (non-hydrogen) atoms. The van der Waals surface area contributed by atoms with E-state index in [1.807, 2.05) is 0 Å². The molecule has 0 atom stereocenters. The van der Waals surface area contributed by atoms with Crippen molar-refractivity contribution in [2.45, 2.75) is 17.7 Å². The van der Waals surface area contributed by atoms with Crippen molar-refractivity contribution in [3.8, 4) is 11.5 Å². The van der Waals surface area contributed by atoms with Crippen molar-refractivity contribution in [1.29, 1.82) is 0 Å². The quantitative estimate of drug-likeness (QED) is 0.782. The summed E-state index contributed by atoms with van der Waals surface area (Å²) in [6.45, 7) is 3.37. The van der Waals surface area contributed by atoms with Gasteiger partial charge in [-0.1, -0.05) is 6.07 Å². The Balaban J connectivity index is 1.79. The van der Waals surface area contributed by atoms with Crippen LogP contribution in [0, 0.1) is 5.41 Å². The minimum Gasteiger partial charge on any atom is -0.486 e. The van der Waals surface area contributed by atoms with Crippen molar-refractivity contribution < 1.29 is 22.6 Å². The lowest BCUT2D eigenvalue weighted by atomic mass is 9.80. The lowest BCUT2D eigenvalue weighted by Crippen LogP contribution is -2.47. The highest BCUT2D eigenvalue weighted by molar-refractivity contribution is 7.89. The van der Waals surface area contributed by atoms with Gasteiger partial charge in [0.25, 0.3) is 0 Å². The zero-order chi connectivity index (χ0) is 17.0. The van der Waals surface area contributed by atoms with Gasteiger partial charge < -0.3 is 19.5 Å². The summed E-state index contributed by atoms with van der Waals surface area (Å²) >= 11 is 0. The largest absolute Gasteiger partial charge is 0.486 e. The normalized spacial score (nSPS) is 19.9. The molecule has 0 aromatic heterocycles. The summed E-state index contributed by atoms with van der Waals surface area (Å²) < 4.78 is 44.7. The fraction of sp³-hybridized carbons (Fsp3) is 0.625. The second kappa shape index (κ2) is 7.26. The van der Waals surface area contributed by atoms with E-state index in [2.05, 4.69) is 10.0 Å². The van der Waals surface area contributed by atoms with E-state index in [-0.39, 0.29) is 10.3 Å². The Bertz CT molecular complexity index is 666. The molecule has 0 aliphatic carbocycles. The number of fused-ring (bicyclic) bond motifs is 1. The second-order valence-corrected chi connectivity index (χ2v) is 8.02. The van der Waals surface area contributed by atoms with Crippen LogP contribution in [0.2, 0.25) is 0 Å². The predicted octanol–water partition coefficient (Wildman–Crippen LogP) is 0.752. The van der Waals surface area contributed by atoms with Crippen molar-refractivity contribution >= 4 is 10.0 Å². The summed E-state index contributed by atoms with van der Waals surface area (Å²) in [5, 5.41) is 3.30. The SMILES string of the molecule is COCC1(CNS(=O)(=O)c2cccc3c2OCCO3)CCNCC1. The fourth-order valence-corrected chi connectivity index (χ4v) is 4.53. The van der Waals surface area contributed by atoms with Crippen LogP contribution in [-0.2, 0) is 14.8 Å². The molecule has 0 unspecified atom stereocenters. The van der Waals surface area contributed by atoms with Gasteiger partial charge in [0, 0.05) is 19.1 Å². The smallest absolute Gasteiger partial charge is 0.244 e. The van der Waals surface area contributed by atoms with Gasteiger partial charge in [0.2, 0.25) is 10.0 Å². The summed E-state index contributed by atoms with van der Waals surface area (Å²) in [5.74, 6) is 0.764. The molecule has 0 bridgehead atoms. The number of para-hydroxylation sites is 1. The highest BCUT2D eigenvalue weighted by Crippen LogP contribution is 2.36. The molecule has 1 fully saturated rings. The first-order valence-corrected chi connectivity index (χ1v) is 9.63. The van der Waals surface area contributed by atoms with Crippen LogP contribution in [-0.4, -0.2) is 55.0 Å². The molecule has 0 radical (unpaired) electrons. The third kappa shape index (κ3) is 3.66. The lowest BCUT2D eigenvalue weighted by molar-refractivity contribution is 0.0577. The molecule has 0 saturated carbocycles. The van der Waals surface area contributed by atoms with E-state index in [1.165, 1.54) is 0 Å². The number of hydrogen-bond acceptors (Lipinski definition) is 6. The van der Waals surface area contributed by atoms with E-state index in [9.17, 15) is 8.42 Å². The number of piperidine rings is 1. The van der Waals surface area contributed by atoms with Crippen LogP contribution >= 0.6 is 0 Å². The highest BCUT2D eigenvalue weighted by atomic mass is 32.2. The average Bonchev–Trinajstić information content (AvgIpc) is 2.61. The number of methoxy groups -OCH3 is 1. The van der Waals surface area contributed by atoms with Gasteiger partial charge >= 0.3 is 0 Å². The number of ether oxygens (including phenoxy) is 3. The van der Waals surface area contributed by atoms with Gasteiger partial charge in [0.15, 0.2) is 11.5 Å². The second-order valence-electron chi connectivity index (χ2n) is 6.29. The maximum Gasteiger partial charge on any atom is 0.244 e. The first kappa shape index (κ1) is 17.5. The summed E-state index contributed by atoms with van der Waals surface area (Å²) in [7, 11) is -2.04. The van der Waals surface area contributed by atoms with Crippen molar-refractivity contribution in [2.24, 2.45) is 5.41 Å². The molecule has 1 saturated heterocycles. The number of rotatable bonds is 6. The molecule has 1 aromatic rings. The number of nitrogens with one attached hydrogen (secondary N) is 2. The molecule has 2 aliphatic rings. The van der Waals surface area contributed by atoms with Gasteiger partial charge in [0.1, 0.15) is 18.1 Å². The first-order valence-electron chi connectivity index (χ1n) is 8.14. The summed E-state index contributed by atoms with van der Waals surface area (Å²) in [6, 6.07) is 4.92. The third-order valence-corrected chi connectivity index (χ3v) is 6.00. The number of sulfonamides is 1. The zero-order valence-corrected chi connectivity index (χ0v) is 14.7. The van der Waals surface area contributed by atoms with Crippen LogP contribution in [0.5, 0.6) is 11.5 Å². The monoisotopic (exact) mass is 356 g/mol. The highest BCUT2D eigenvalue weighted by Gasteiger charge is 2.34. The van der Waals surface area contributed by atoms with Gasteiger partial charge in [-0.2, -0.15) is 0 Å². The Morgan fingerprint density at radius 2 is 2.00 bits per heavy atom. The predicted molar refractivity (Wildman–Crippen MR) is 89.0 cm³/mol. The van der Waals surface area contributed by atoms with E-state index in [4.69, 9.17) is 14.2 Å². The Labute approximate surface area is 142 Å². The van der Waals surface area contributed by atoms with E-state index in [1.54, 1.807) is 25.3 Å². The molecular weight excluding hydrogens is 332 g/mol. The van der Waals surface area contributed by atoms with Crippen LogP contribution in [0.15, 0.2) is 23.1 Å². The van der Waals surface area contributed by atoms with Gasteiger partial charge in [-0.15, -0.1) is 0 Å². The van der Waals surface area contributed by atoms with Crippen LogP contribution < -0.4 is 19.5 Å². The molecule has 2 N–H and O–H groups in total. The molecule has 2 heterocycles. The summed E-state index contributed by atoms with van der Waals surface area (Å²) in [4.78, 5) is 0.126. The Morgan fingerprint density at radius 1 is 1.25 bits per heavy atom. The van der Waals surface area contributed by atoms with Gasteiger partial charge in [0.05, 0.1) is 6.61 Å². The zero-order valence-electron chi connectivity index (χ0n) is 13.8. The van der Waals surface area contributed by atoms with E-state index in [0.717, 1.165) is 25.9 Å². The fourth-order valence-electron chi connectivity index (χ4n) is 3.22. The summed E-state index contributed by atoms with van der Waals surface area (Å²) in [5.41, 5.74) is -0.181. The first-order chi connectivity index (χ1) is 11.6. The molecule has 134 valence electrons. The van der Waals surface area contributed by atoms with Crippen LogP contribution in [0.4, 0.5) is 0 Å². The van der Waals surface area contributed by atoms with Crippen molar-refractivity contribution in [3.63, 3.8) is 0 Å². The number of hydrogen-bond donors (Lipinski definition) is 2. The van der Waals surface area contributed by atoms with Crippen LogP contribution in [0.1, 0.15) is 12.8 Å². The molecule has 0 amide bonds. The number of benzene rings is 1. The molecule has 1 aromatic carbocycles. The standard InChI is InChI=1S/C16H24N2O5S/c1-21-12-16(5-7-17-8-6-16)11-18-24(19,20)14-4-2-3-13-15(14)23-10-9-22-13/h2-4,17-18H,5-12H2,1H3. The minimum atomic E-state index is -3.69. The van der Waals surface area contributed by atoms with Gasteiger partial charge in [-0.3, -0.25) is 0 Å². The maximum absolute atomic E-state index is 12.8. The third-order valence-electron chi connectivity index (χ3n) is 4.57. The summed E-state index contributed by atoms with van der Waals surface area (Å²) in [6.07, 6.45) is 1.74. The molecule has 8 heteroatoms. The Hall–Kier alpha value is -1.35. The molecule has 3 rings (SSSR count). The van der Waals surface area contributed by atoms with E-state index >= 15 is 0 Å². The van der Waals surface area contributed by atoms with Crippen molar-refractivity contribution in [3.05, 3.63) is 18.2 Å². The minimum absolute atomic E-state index is 0.126. The van der Waals surface area contributed by atoms with Crippen molar-refractivity contribution in [1.82, 2.24) is 10.0 Å². The average molecular weight is 356 g/mol. The van der Waals surface area contributed by atoms with Crippen LogP contribution in [0.3, 0.4) is 0 Å². The van der Waals surface area contributed by atoms with Crippen LogP contribution in [0.25, 0.3) is 0 Å². The molecule has 0 spiro atoms. The Morgan fingerprint density at radius 3 is 2.75 bits per heavy atom.